The number of rotatable bonds is 4. The van der Waals surface area contributed by atoms with Crippen LogP contribution in [0, 0.1) is 0 Å². The lowest BCUT2D eigenvalue weighted by Gasteiger charge is -2.05. The van der Waals surface area contributed by atoms with Crippen molar-refractivity contribution in [1.29, 1.82) is 0 Å². The fourth-order valence-electron chi connectivity index (χ4n) is 0.993. The van der Waals surface area contributed by atoms with Gasteiger partial charge in [-0.2, -0.15) is 0 Å². The first-order valence-corrected chi connectivity index (χ1v) is 5.82. The Morgan fingerprint density at radius 1 is 1.50 bits per heavy atom. The second-order valence-corrected chi connectivity index (χ2v) is 4.79. The lowest BCUT2D eigenvalue weighted by atomic mass is 10.2. The average Bonchev–Trinajstić information content (AvgIpc) is 2.17. The van der Waals surface area contributed by atoms with Crippen LogP contribution in [0.1, 0.15) is 10.4 Å². The standard InChI is InChI=1S/C8H8ClNO5S/c1-15-10-16(13,14)5-2-3-7(9)6(4-5)8(11)12/h2-4,10H,1H3,(H,11,12). The van der Waals surface area contributed by atoms with E-state index in [1.165, 1.54) is 12.1 Å². The summed E-state index contributed by atoms with van der Waals surface area (Å²) < 4.78 is 22.9. The number of carboxylic acid groups (broad SMARTS) is 1. The van der Waals surface area contributed by atoms with E-state index in [0.717, 1.165) is 13.2 Å². The molecular formula is C8H8ClNO5S. The Kier molecular flexibility index (Phi) is 3.87. The molecule has 0 fully saturated rings. The molecule has 0 aliphatic heterocycles. The molecule has 0 bridgehead atoms. The van der Waals surface area contributed by atoms with Crippen molar-refractivity contribution in [2.45, 2.75) is 4.90 Å². The molecule has 0 amide bonds. The Hall–Kier alpha value is -1.15. The van der Waals surface area contributed by atoms with Gasteiger partial charge in [0.2, 0.25) is 0 Å². The van der Waals surface area contributed by atoms with E-state index in [4.69, 9.17) is 16.7 Å². The van der Waals surface area contributed by atoms with Crippen molar-refractivity contribution in [3.63, 3.8) is 0 Å². The molecule has 6 nitrogen and oxygen atoms in total. The zero-order chi connectivity index (χ0) is 12.3. The van der Waals surface area contributed by atoms with Crippen LogP contribution >= 0.6 is 11.6 Å². The zero-order valence-electron chi connectivity index (χ0n) is 8.10. The van der Waals surface area contributed by atoms with Crippen LogP contribution in [-0.2, 0) is 14.9 Å². The molecule has 0 saturated heterocycles. The van der Waals surface area contributed by atoms with Crippen molar-refractivity contribution in [3.8, 4) is 0 Å². The van der Waals surface area contributed by atoms with Gasteiger partial charge in [-0.25, -0.2) is 13.2 Å². The monoisotopic (exact) mass is 265 g/mol. The number of carboxylic acids is 1. The molecule has 1 rings (SSSR count). The predicted molar refractivity (Wildman–Crippen MR) is 55.7 cm³/mol. The van der Waals surface area contributed by atoms with Crippen LogP contribution < -0.4 is 4.89 Å². The molecule has 0 unspecified atom stereocenters. The summed E-state index contributed by atoms with van der Waals surface area (Å²) in [6, 6.07) is 3.32. The Balaban J connectivity index is 3.28. The summed E-state index contributed by atoms with van der Waals surface area (Å²) in [6.07, 6.45) is 0. The third-order valence-corrected chi connectivity index (χ3v) is 3.26. The molecule has 16 heavy (non-hydrogen) atoms. The molecular weight excluding hydrogens is 258 g/mol. The minimum atomic E-state index is -3.88. The van der Waals surface area contributed by atoms with E-state index in [2.05, 4.69) is 4.84 Å². The predicted octanol–water partition coefficient (Wildman–Crippen LogP) is 0.878. The van der Waals surface area contributed by atoms with E-state index in [1.54, 1.807) is 4.89 Å². The van der Waals surface area contributed by atoms with Gasteiger partial charge in [0.25, 0.3) is 10.0 Å². The summed E-state index contributed by atoms with van der Waals surface area (Å²) in [5.41, 5.74) is -0.291. The van der Waals surface area contributed by atoms with Crippen LogP contribution in [0.4, 0.5) is 0 Å². The van der Waals surface area contributed by atoms with E-state index in [-0.39, 0.29) is 15.5 Å². The quantitative estimate of drug-likeness (QED) is 0.788. The Bertz CT molecular complexity index is 513. The summed E-state index contributed by atoms with van der Waals surface area (Å²) in [4.78, 5) is 16.5. The van der Waals surface area contributed by atoms with Crippen molar-refractivity contribution >= 4 is 27.6 Å². The molecule has 0 aromatic heterocycles. The third kappa shape index (κ3) is 2.70. The fraction of sp³-hybridized carbons (Fsp3) is 0.125. The number of aromatic carboxylic acids is 1. The maximum absolute atomic E-state index is 11.4. The number of carbonyl (C=O) groups is 1. The van der Waals surface area contributed by atoms with E-state index in [1.807, 2.05) is 0 Å². The van der Waals surface area contributed by atoms with E-state index in [0.29, 0.717) is 0 Å². The summed E-state index contributed by atoms with van der Waals surface area (Å²) >= 11 is 5.59. The minimum absolute atomic E-state index is 0.0381. The van der Waals surface area contributed by atoms with E-state index in [9.17, 15) is 13.2 Å². The maximum Gasteiger partial charge on any atom is 0.337 e. The third-order valence-electron chi connectivity index (χ3n) is 1.67. The topological polar surface area (TPSA) is 92.7 Å². The van der Waals surface area contributed by atoms with Crippen LogP contribution in [0.15, 0.2) is 23.1 Å². The number of nitrogens with one attached hydrogen (secondary N) is 1. The fourth-order valence-corrected chi connectivity index (χ4v) is 2.03. The summed E-state index contributed by atoms with van der Waals surface area (Å²) in [7, 11) is -2.75. The Labute approximate surface area is 96.8 Å². The second kappa shape index (κ2) is 4.79. The van der Waals surface area contributed by atoms with Gasteiger partial charge in [-0.05, 0) is 18.2 Å². The highest BCUT2D eigenvalue weighted by Crippen LogP contribution is 2.20. The van der Waals surface area contributed by atoms with Crippen LogP contribution in [0.25, 0.3) is 0 Å². The molecule has 8 heteroatoms. The molecule has 1 aromatic carbocycles. The van der Waals surface area contributed by atoms with Crippen molar-refractivity contribution in [2.24, 2.45) is 0 Å². The molecule has 2 N–H and O–H groups in total. The molecule has 0 heterocycles. The van der Waals surface area contributed by atoms with Gasteiger partial charge in [0, 0.05) is 0 Å². The SMILES string of the molecule is CONS(=O)(=O)c1ccc(Cl)c(C(=O)O)c1. The minimum Gasteiger partial charge on any atom is -0.478 e. The number of halogens is 1. The smallest absolute Gasteiger partial charge is 0.337 e. The summed E-state index contributed by atoms with van der Waals surface area (Å²) in [5, 5.41) is 8.72. The first kappa shape index (κ1) is 12.9. The highest BCUT2D eigenvalue weighted by atomic mass is 35.5. The highest BCUT2D eigenvalue weighted by molar-refractivity contribution is 7.89. The second-order valence-electron chi connectivity index (χ2n) is 2.74. The normalized spacial score (nSPS) is 11.4. The molecule has 1 aromatic rings. The van der Waals surface area contributed by atoms with Crippen LogP contribution in [-0.4, -0.2) is 26.6 Å². The van der Waals surface area contributed by atoms with Gasteiger partial charge in [-0.15, -0.1) is 0 Å². The van der Waals surface area contributed by atoms with Gasteiger partial charge in [0.05, 0.1) is 22.6 Å². The number of hydrogen-bond acceptors (Lipinski definition) is 4. The van der Waals surface area contributed by atoms with Crippen LogP contribution in [0.3, 0.4) is 0 Å². The molecule has 0 radical (unpaired) electrons. The van der Waals surface area contributed by atoms with Crippen LogP contribution in [0.5, 0.6) is 0 Å². The van der Waals surface area contributed by atoms with Crippen molar-refractivity contribution < 1.29 is 23.2 Å². The highest BCUT2D eigenvalue weighted by Gasteiger charge is 2.17. The van der Waals surface area contributed by atoms with Crippen molar-refractivity contribution in [2.75, 3.05) is 7.11 Å². The van der Waals surface area contributed by atoms with Gasteiger partial charge in [-0.3, -0.25) is 4.84 Å². The van der Waals surface area contributed by atoms with Crippen molar-refractivity contribution in [3.05, 3.63) is 28.8 Å². The lowest BCUT2D eigenvalue weighted by molar-refractivity contribution is 0.0697. The van der Waals surface area contributed by atoms with Crippen molar-refractivity contribution in [1.82, 2.24) is 4.89 Å². The number of sulfonamides is 1. The molecule has 0 aliphatic carbocycles. The Morgan fingerprint density at radius 2 is 2.12 bits per heavy atom. The summed E-state index contributed by atoms with van der Waals surface area (Å²) in [6.45, 7) is 0. The van der Waals surface area contributed by atoms with Gasteiger partial charge >= 0.3 is 5.97 Å². The average molecular weight is 266 g/mol. The van der Waals surface area contributed by atoms with Gasteiger partial charge in [-0.1, -0.05) is 16.5 Å². The zero-order valence-corrected chi connectivity index (χ0v) is 9.67. The molecule has 0 atom stereocenters. The van der Waals surface area contributed by atoms with Crippen LogP contribution in [0.2, 0.25) is 5.02 Å². The lowest BCUT2D eigenvalue weighted by Crippen LogP contribution is -2.22. The number of hydrogen-bond donors (Lipinski definition) is 2. The Morgan fingerprint density at radius 3 is 2.62 bits per heavy atom. The largest absolute Gasteiger partial charge is 0.478 e. The van der Waals surface area contributed by atoms with E-state index < -0.39 is 16.0 Å². The van der Waals surface area contributed by atoms with Gasteiger partial charge in [0.15, 0.2) is 0 Å². The first-order chi connectivity index (χ1) is 7.38. The first-order valence-electron chi connectivity index (χ1n) is 3.96. The molecule has 0 aliphatic rings. The molecule has 0 spiro atoms. The summed E-state index contributed by atoms with van der Waals surface area (Å²) in [5.74, 6) is -1.31. The molecule has 88 valence electrons. The molecule has 0 saturated carbocycles. The van der Waals surface area contributed by atoms with E-state index >= 15 is 0 Å². The number of benzene rings is 1. The van der Waals surface area contributed by atoms with Gasteiger partial charge in [0.1, 0.15) is 0 Å². The van der Waals surface area contributed by atoms with Gasteiger partial charge < -0.3 is 5.11 Å². The maximum atomic E-state index is 11.4.